The van der Waals surface area contributed by atoms with Gasteiger partial charge in [-0.25, -0.2) is 4.39 Å². The molecule has 0 radical (unpaired) electrons. The van der Waals surface area contributed by atoms with Crippen molar-refractivity contribution in [3.05, 3.63) is 65.5 Å². The van der Waals surface area contributed by atoms with Crippen LogP contribution < -0.4 is 15.4 Å². The standard InChI is InChI=1S/C20H21FN2O5/c1-27-17-7-5-14(6-8-17)9-10-22-18(24)13-28-19(25)12-23-20(26)15-3-2-4-16(21)11-15/h2-8,11H,9-10,12-13H2,1H3,(H,22,24)(H,23,26). The van der Waals surface area contributed by atoms with Gasteiger partial charge in [-0.1, -0.05) is 18.2 Å². The number of methoxy groups -OCH3 is 1. The summed E-state index contributed by atoms with van der Waals surface area (Å²) in [5, 5.41) is 4.94. The Morgan fingerprint density at radius 2 is 1.79 bits per heavy atom. The molecule has 28 heavy (non-hydrogen) atoms. The number of halogens is 1. The van der Waals surface area contributed by atoms with Crippen LogP contribution in [0.1, 0.15) is 15.9 Å². The monoisotopic (exact) mass is 388 g/mol. The predicted octanol–water partition coefficient (Wildman–Crippen LogP) is 1.47. The Labute approximate surface area is 161 Å². The SMILES string of the molecule is COc1ccc(CCNC(=O)COC(=O)CNC(=O)c2cccc(F)c2)cc1. The lowest BCUT2D eigenvalue weighted by molar-refractivity contribution is -0.147. The molecule has 2 aromatic rings. The van der Waals surface area contributed by atoms with Gasteiger partial charge in [0.15, 0.2) is 6.61 Å². The summed E-state index contributed by atoms with van der Waals surface area (Å²) in [7, 11) is 1.59. The molecule has 0 aliphatic rings. The number of esters is 1. The number of rotatable bonds is 9. The van der Waals surface area contributed by atoms with Crippen molar-refractivity contribution < 1.29 is 28.2 Å². The van der Waals surface area contributed by atoms with E-state index in [0.29, 0.717) is 13.0 Å². The highest BCUT2D eigenvalue weighted by molar-refractivity contribution is 5.96. The van der Waals surface area contributed by atoms with Crippen molar-refractivity contribution in [2.24, 2.45) is 0 Å². The van der Waals surface area contributed by atoms with Gasteiger partial charge in [0.25, 0.3) is 11.8 Å². The maximum atomic E-state index is 13.1. The third-order valence-corrected chi connectivity index (χ3v) is 3.74. The minimum Gasteiger partial charge on any atom is -0.497 e. The van der Waals surface area contributed by atoms with Gasteiger partial charge in [-0.3, -0.25) is 14.4 Å². The quantitative estimate of drug-likeness (QED) is 0.635. The maximum Gasteiger partial charge on any atom is 0.325 e. The van der Waals surface area contributed by atoms with E-state index in [9.17, 15) is 18.8 Å². The fourth-order valence-electron chi connectivity index (χ4n) is 2.27. The zero-order valence-electron chi connectivity index (χ0n) is 15.4. The van der Waals surface area contributed by atoms with Gasteiger partial charge in [0, 0.05) is 12.1 Å². The zero-order valence-corrected chi connectivity index (χ0v) is 15.4. The predicted molar refractivity (Wildman–Crippen MR) is 99.4 cm³/mol. The van der Waals surface area contributed by atoms with E-state index in [1.165, 1.54) is 18.2 Å². The molecule has 0 unspecified atom stereocenters. The normalized spacial score (nSPS) is 10.1. The highest BCUT2D eigenvalue weighted by Gasteiger charge is 2.11. The van der Waals surface area contributed by atoms with Gasteiger partial charge < -0.3 is 20.1 Å². The first-order valence-corrected chi connectivity index (χ1v) is 8.57. The molecule has 2 rings (SSSR count). The second kappa shape index (κ2) is 10.7. The zero-order chi connectivity index (χ0) is 20.4. The number of carbonyl (C=O) groups is 3. The first-order valence-electron chi connectivity index (χ1n) is 8.57. The molecular formula is C20H21FN2O5. The first-order chi connectivity index (χ1) is 13.5. The number of ether oxygens (including phenoxy) is 2. The summed E-state index contributed by atoms with van der Waals surface area (Å²) in [5.74, 6) is -1.63. The molecule has 0 heterocycles. The summed E-state index contributed by atoms with van der Waals surface area (Å²) >= 11 is 0. The van der Waals surface area contributed by atoms with Gasteiger partial charge in [-0.05, 0) is 42.3 Å². The molecule has 148 valence electrons. The van der Waals surface area contributed by atoms with Crippen molar-refractivity contribution in [2.75, 3.05) is 26.8 Å². The second-order valence-corrected chi connectivity index (χ2v) is 5.80. The summed E-state index contributed by atoms with van der Waals surface area (Å²) in [4.78, 5) is 35.1. The Balaban J connectivity index is 1.62. The van der Waals surface area contributed by atoms with Crippen molar-refractivity contribution in [3.63, 3.8) is 0 Å². The Morgan fingerprint density at radius 3 is 2.46 bits per heavy atom. The second-order valence-electron chi connectivity index (χ2n) is 5.80. The number of benzene rings is 2. The fourth-order valence-corrected chi connectivity index (χ4v) is 2.27. The average Bonchev–Trinajstić information content (AvgIpc) is 2.71. The molecule has 0 saturated heterocycles. The Kier molecular flexibility index (Phi) is 7.95. The summed E-state index contributed by atoms with van der Waals surface area (Å²) < 4.78 is 22.9. The van der Waals surface area contributed by atoms with Crippen LogP contribution in [0.3, 0.4) is 0 Å². The number of hydrogen-bond donors (Lipinski definition) is 2. The van der Waals surface area contributed by atoms with Gasteiger partial charge in [-0.2, -0.15) is 0 Å². The van der Waals surface area contributed by atoms with Gasteiger partial charge in [0.2, 0.25) is 0 Å². The molecule has 0 atom stereocenters. The van der Waals surface area contributed by atoms with Crippen LogP contribution in [0.4, 0.5) is 4.39 Å². The number of nitrogens with one attached hydrogen (secondary N) is 2. The Bertz CT molecular complexity index is 824. The summed E-state index contributed by atoms with van der Waals surface area (Å²) in [6.07, 6.45) is 0.618. The van der Waals surface area contributed by atoms with Crippen molar-refractivity contribution in [1.82, 2.24) is 10.6 Å². The van der Waals surface area contributed by atoms with Crippen LogP contribution in [-0.4, -0.2) is 44.6 Å². The van der Waals surface area contributed by atoms with Crippen LogP contribution >= 0.6 is 0 Å². The van der Waals surface area contributed by atoms with E-state index < -0.39 is 36.8 Å². The van der Waals surface area contributed by atoms with Crippen LogP contribution in [0.15, 0.2) is 48.5 Å². The summed E-state index contributed by atoms with van der Waals surface area (Å²) in [6, 6.07) is 12.5. The van der Waals surface area contributed by atoms with E-state index in [1.807, 2.05) is 24.3 Å². The van der Waals surface area contributed by atoms with Crippen LogP contribution in [-0.2, 0) is 20.7 Å². The van der Waals surface area contributed by atoms with Gasteiger partial charge in [0.05, 0.1) is 7.11 Å². The molecule has 2 amide bonds. The molecule has 0 aromatic heterocycles. The summed E-state index contributed by atoms with van der Waals surface area (Å²) in [6.45, 7) is -0.481. The van der Waals surface area contributed by atoms with Crippen molar-refractivity contribution in [3.8, 4) is 5.75 Å². The molecule has 0 fully saturated rings. The number of carbonyl (C=O) groups excluding carboxylic acids is 3. The fraction of sp³-hybridized carbons (Fsp3) is 0.250. The smallest absolute Gasteiger partial charge is 0.325 e. The van der Waals surface area contributed by atoms with Crippen LogP contribution in [0.2, 0.25) is 0 Å². The van der Waals surface area contributed by atoms with E-state index in [1.54, 1.807) is 7.11 Å². The first kappa shape index (κ1) is 20.9. The minimum atomic E-state index is -0.768. The summed E-state index contributed by atoms with van der Waals surface area (Å²) in [5.41, 5.74) is 1.11. The average molecular weight is 388 g/mol. The molecule has 0 bridgehead atoms. The van der Waals surface area contributed by atoms with Crippen LogP contribution in [0.25, 0.3) is 0 Å². The molecular weight excluding hydrogens is 367 g/mol. The van der Waals surface area contributed by atoms with Crippen LogP contribution in [0.5, 0.6) is 5.75 Å². The van der Waals surface area contributed by atoms with E-state index in [4.69, 9.17) is 9.47 Å². The molecule has 2 aromatic carbocycles. The highest BCUT2D eigenvalue weighted by Crippen LogP contribution is 2.11. The molecule has 8 heteroatoms. The van der Waals surface area contributed by atoms with Crippen LogP contribution in [0, 0.1) is 5.82 Å². The molecule has 0 aliphatic carbocycles. The van der Waals surface area contributed by atoms with E-state index in [2.05, 4.69) is 10.6 Å². The molecule has 7 nitrogen and oxygen atoms in total. The van der Waals surface area contributed by atoms with Gasteiger partial charge in [0.1, 0.15) is 18.1 Å². The number of amides is 2. The van der Waals surface area contributed by atoms with Gasteiger partial charge in [-0.15, -0.1) is 0 Å². The molecule has 0 aliphatic heterocycles. The topological polar surface area (TPSA) is 93.7 Å². The lowest BCUT2D eigenvalue weighted by Gasteiger charge is -2.08. The van der Waals surface area contributed by atoms with Crippen molar-refractivity contribution in [2.45, 2.75) is 6.42 Å². The minimum absolute atomic E-state index is 0.0871. The maximum absolute atomic E-state index is 13.1. The van der Waals surface area contributed by atoms with E-state index in [-0.39, 0.29) is 5.56 Å². The highest BCUT2D eigenvalue weighted by atomic mass is 19.1. The third kappa shape index (κ3) is 7.06. The van der Waals surface area contributed by atoms with E-state index >= 15 is 0 Å². The number of hydrogen-bond acceptors (Lipinski definition) is 5. The lowest BCUT2D eigenvalue weighted by atomic mass is 10.1. The largest absolute Gasteiger partial charge is 0.497 e. The Morgan fingerprint density at radius 1 is 1.04 bits per heavy atom. The van der Waals surface area contributed by atoms with Crippen molar-refractivity contribution >= 4 is 17.8 Å². The Hall–Kier alpha value is -3.42. The molecule has 2 N–H and O–H groups in total. The third-order valence-electron chi connectivity index (χ3n) is 3.74. The van der Waals surface area contributed by atoms with Crippen molar-refractivity contribution in [1.29, 1.82) is 0 Å². The van der Waals surface area contributed by atoms with E-state index in [0.717, 1.165) is 17.4 Å². The van der Waals surface area contributed by atoms with Gasteiger partial charge >= 0.3 is 5.97 Å². The molecule has 0 spiro atoms. The lowest BCUT2D eigenvalue weighted by Crippen LogP contribution is -2.34. The molecule has 0 saturated carbocycles.